The molecule has 0 aliphatic carbocycles. The first-order valence-electron chi connectivity index (χ1n) is 5.49. The molecule has 0 atom stereocenters. The molecule has 6 nitrogen and oxygen atoms in total. The van der Waals surface area contributed by atoms with Gasteiger partial charge in [0, 0.05) is 5.92 Å². The van der Waals surface area contributed by atoms with Crippen LogP contribution < -0.4 is 11.3 Å². The molecule has 0 aromatic carbocycles. The number of aromatic amines is 1. The third kappa shape index (κ3) is 3.30. The molecule has 0 spiro atoms. The van der Waals surface area contributed by atoms with E-state index in [2.05, 4.69) is 9.97 Å². The summed E-state index contributed by atoms with van der Waals surface area (Å²) in [5.74, 6) is 0.191. The van der Waals surface area contributed by atoms with Gasteiger partial charge < -0.3 is 15.5 Å². The molecule has 0 saturated carbocycles. The molecular formula is C11H17N3O3. The Labute approximate surface area is 99.2 Å². The lowest BCUT2D eigenvalue weighted by Crippen LogP contribution is -2.23. The van der Waals surface area contributed by atoms with Gasteiger partial charge in [-0.3, -0.25) is 9.59 Å². The molecular weight excluding hydrogens is 222 g/mol. The van der Waals surface area contributed by atoms with Crippen LogP contribution in [0.2, 0.25) is 0 Å². The highest BCUT2D eigenvalue weighted by atomic mass is 16.5. The highest BCUT2D eigenvalue weighted by Crippen LogP contribution is 2.11. The number of nitrogen functional groups attached to an aromatic ring is 1. The van der Waals surface area contributed by atoms with Crippen LogP contribution in [0.5, 0.6) is 0 Å². The number of nitrogens with zero attached hydrogens (tertiary/aromatic N) is 1. The first kappa shape index (κ1) is 13.2. The molecule has 0 radical (unpaired) electrons. The second-order valence-electron chi connectivity index (χ2n) is 3.95. The molecule has 94 valence electrons. The Balaban J connectivity index is 3.02. The van der Waals surface area contributed by atoms with Crippen molar-refractivity contribution < 1.29 is 9.53 Å². The molecule has 1 heterocycles. The minimum absolute atomic E-state index is 0.0710. The van der Waals surface area contributed by atoms with E-state index < -0.39 is 5.97 Å². The van der Waals surface area contributed by atoms with E-state index in [0.29, 0.717) is 5.82 Å². The van der Waals surface area contributed by atoms with Gasteiger partial charge in [0.25, 0.3) is 5.56 Å². The maximum atomic E-state index is 11.7. The third-order valence-electron chi connectivity index (χ3n) is 2.24. The van der Waals surface area contributed by atoms with Gasteiger partial charge in [-0.25, -0.2) is 4.98 Å². The van der Waals surface area contributed by atoms with E-state index in [0.717, 1.165) is 0 Å². The molecule has 3 N–H and O–H groups in total. The zero-order valence-corrected chi connectivity index (χ0v) is 10.2. The number of carbonyl (C=O) groups excluding carboxylic acids is 1. The minimum atomic E-state index is -0.483. The van der Waals surface area contributed by atoms with Gasteiger partial charge >= 0.3 is 5.97 Å². The van der Waals surface area contributed by atoms with Crippen LogP contribution in [0.15, 0.2) is 4.79 Å². The molecule has 6 heteroatoms. The van der Waals surface area contributed by atoms with Gasteiger partial charge in [-0.2, -0.15) is 0 Å². The maximum absolute atomic E-state index is 11.7. The Hall–Kier alpha value is -1.85. The third-order valence-corrected chi connectivity index (χ3v) is 2.24. The van der Waals surface area contributed by atoms with E-state index in [1.54, 1.807) is 6.92 Å². The predicted molar refractivity (Wildman–Crippen MR) is 63.7 cm³/mol. The predicted octanol–water partition coefficient (Wildman–Crippen LogP) is 0.581. The normalized spacial score (nSPS) is 10.6. The molecule has 1 aromatic heterocycles. The summed E-state index contributed by atoms with van der Waals surface area (Å²) in [5, 5.41) is 0. The van der Waals surface area contributed by atoms with Crippen LogP contribution in [0.4, 0.5) is 5.82 Å². The quantitative estimate of drug-likeness (QED) is 0.749. The van der Waals surface area contributed by atoms with Crippen LogP contribution in [0, 0.1) is 0 Å². The molecule has 0 unspecified atom stereocenters. The molecule has 0 saturated heterocycles. The van der Waals surface area contributed by atoms with Gasteiger partial charge in [0.15, 0.2) is 0 Å². The summed E-state index contributed by atoms with van der Waals surface area (Å²) in [6, 6.07) is 0. The van der Waals surface area contributed by atoms with Crippen molar-refractivity contribution in [3.63, 3.8) is 0 Å². The van der Waals surface area contributed by atoms with Crippen molar-refractivity contribution in [2.75, 3.05) is 12.3 Å². The van der Waals surface area contributed by atoms with Crippen molar-refractivity contribution in [2.45, 2.75) is 33.1 Å². The lowest BCUT2D eigenvalue weighted by atomic mass is 10.2. The largest absolute Gasteiger partial charge is 0.466 e. The molecule has 0 aliphatic heterocycles. The molecule has 17 heavy (non-hydrogen) atoms. The fourth-order valence-corrected chi connectivity index (χ4v) is 1.33. The number of H-pyrrole nitrogens is 1. The van der Waals surface area contributed by atoms with Crippen LogP contribution in [-0.2, 0) is 16.0 Å². The number of nitrogens with two attached hydrogens (primary N) is 1. The molecule has 1 rings (SSSR count). The summed E-state index contributed by atoms with van der Waals surface area (Å²) in [7, 11) is 0. The summed E-state index contributed by atoms with van der Waals surface area (Å²) in [6.45, 7) is 5.76. The Morgan fingerprint density at radius 1 is 1.53 bits per heavy atom. The lowest BCUT2D eigenvalue weighted by Gasteiger charge is -2.08. The molecule has 0 aliphatic rings. The van der Waals surface area contributed by atoms with Gasteiger partial charge in [0.05, 0.1) is 18.6 Å². The number of hydrogen-bond donors (Lipinski definition) is 2. The highest BCUT2D eigenvalue weighted by molar-refractivity contribution is 5.74. The topological polar surface area (TPSA) is 98.1 Å². The Kier molecular flexibility index (Phi) is 4.25. The number of ether oxygens (including phenoxy) is 1. The average molecular weight is 239 g/mol. The van der Waals surface area contributed by atoms with Crippen LogP contribution in [-0.4, -0.2) is 22.5 Å². The fraction of sp³-hybridized carbons (Fsp3) is 0.545. The number of esters is 1. The Morgan fingerprint density at radius 3 is 2.65 bits per heavy atom. The van der Waals surface area contributed by atoms with Crippen molar-refractivity contribution in [1.29, 1.82) is 0 Å². The Bertz CT molecular complexity index is 466. The van der Waals surface area contributed by atoms with Crippen molar-refractivity contribution >= 4 is 11.8 Å². The van der Waals surface area contributed by atoms with Crippen molar-refractivity contribution in [2.24, 2.45) is 0 Å². The Morgan fingerprint density at radius 2 is 2.18 bits per heavy atom. The number of hydrogen-bond acceptors (Lipinski definition) is 5. The molecule has 0 amide bonds. The zero-order chi connectivity index (χ0) is 13.0. The van der Waals surface area contributed by atoms with Gasteiger partial charge in [0.1, 0.15) is 11.6 Å². The minimum Gasteiger partial charge on any atom is -0.466 e. The van der Waals surface area contributed by atoms with Crippen molar-refractivity contribution in [3.05, 3.63) is 21.7 Å². The molecule has 1 aromatic rings. The first-order valence-corrected chi connectivity index (χ1v) is 5.49. The second-order valence-corrected chi connectivity index (χ2v) is 3.95. The highest BCUT2D eigenvalue weighted by Gasteiger charge is 2.14. The molecule has 0 bridgehead atoms. The monoisotopic (exact) mass is 239 g/mol. The van der Waals surface area contributed by atoms with Gasteiger partial charge in [-0.1, -0.05) is 13.8 Å². The molecule has 0 fully saturated rings. The second kappa shape index (κ2) is 5.47. The van der Waals surface area contributed by atoms with E-state index in [4.69, 9.17) is 10.5 Å². The lowest BCUT2D eigenvalue weighted by molar-refractivity contribution is -0.142. The van der Waals surface area contributed by atoms with Crippen LogP contribution >= 0.6 is 0 Å². The fourth-order valence-electron chi connectivity index (χ4n) is 1.33. The van der Waals surface area contributed by atoms with E-state index >= 15 is 0 Å². The van der Waals surface area contributed by atoms with Crippen LogP contribution in [0.1, 0.15) is 38.1 Å². The van der Waals surface area contributed by atoms with Gasteiger partial charge in [-0.15, -0.1) is 0 Å². The summed E-state index contributed by atoms with van der Waals surface area (Å²) in [6.07, 6.45) is -0.152. The van der Waals surface area contributed by atoms with E-state index in [1.807, 2.05) is 13.8 Å². The zero-order valence-electron chi connectivity index (χ0n) is 10.2. The smallest absolute Gasteiger partial charge is 0.310 e. The number of anilines is 1. The number of rotatable bonds is 4. The van der Waals surface area contributed by atoms with Crippen LogP contribution in [0.25, 0.3) is 0 Å². The summed E-state index contributed by atoms with van der Waals surface area (Å²) in [4.78, 5) is 29.7. The van der Waals surface area contributed by atoms with E-state index in [9.17, 15) is 9.59 Å². The van der Waals surface area contributed by atoms with Crippen molar-refractivity contribution in [1.82, 2.24) is 9.97 Å². The standard InChI is InChI=1S/C11H17N3O3/c1-4-17-8(15)5-7-9(12)13-10(6(2)3)14-11(7)16/h6H,4-5H2,1-3H3,(H3,12,13,14,16). The summed E-state index contributed by atoms with van der Waals surface area (Å²) in [5.41, 5.74) is 5.45. The van der Waals surface area contributed by atoms with Gasteiger partial charge in [0.2, 0.25) is 0 Å². The maximum Gasteiger partial charge on any atom is 0.310 e. The summed E-state index contributed by atoms with van der Waals surface area (Å²) >= 11 is 0. The average Bonchev–Trinajstić information content (AvgIpc) is 2.23. The van der Waals surface area contributed by atoms with E-state index in [-0.39, 0.29) is 35.9 Å². The SMILES string of the molecule is CCOC(=O)Cc1c(N)nc(C(C)C)[nH]c1=O. The van der Waals surface area contributed by atoms with Crippen molar-refractivity contribution in [3.8, 4) is 0 Å². The number of carbonyl (C=O) groups is 1. The number of nitrogens with one attached hydrogen (secondary N) is 1. The van der Waals surface area contributed by atoms with E-state index in [1.165, 1.54) is 0 Å². The van der Waals surface area contributed by atoms with Gasteiger partial charge in [-0.05, 0) is 6.92 Å². The van der Waals surface area contributed by atoms with Crippen LogP contribution in [0.3, 0.4) is 0 Å². The summed E-state index contributed by atoms with van der Waals surface area (Å²) < 4.78 is 4.76. The number of aromatic nitrogens is 2. The first-order chi connectivity index (χ1) is 7.95.